The minimum absolute atomic E-state index is 0.124. The highest BCUT2D eigenvalue weighted by molar-refractivity contribution is 7.99. The van der Waals surface area contributed by atoms with Gasteiger partial charge in [-0.05, 0) is 30.8 Å². The Balaban J connectivity index is 1.80. The maximum absolute atomic E-state index is 7.48. The predicted molar refractivity (Wildman–Crippen MR) is 91.0 cm³/mol. The molecule has 0 spiro atoms. The van der Waals surface area contributed by atoms with Crippen molar-refractivity contribution in [1.29, 1.82) is 5.41 Å². The van der Waals surface area contributed by atoms with Gasteiger partial charge in [0.15, 0.2) is 0 Å². The maximum Gasteiger partial charge on any atom is 0.122 e. The van der Waals surface area contributed by atoms with E-state index in [9.17, 15) is 0 Å². The van der Waals surface area contributed by atoms with Crippen LogP contribution in [0.4, 0.5) is 0 Å². The first-order chi connectivity index (χ1) is 10.1. The standard InChI is InChI=1S/C17H21N3S/c1-20(10-11-21-16-8-3-2-4-9-16)13-14-6-5-7-15(12-14)17(18)19/h2-9,12H,10-11,13H2,1H3,(H3,18,19). The Morgan fingerprint density at radius 2 is 1.90 bits per heavy atom. The summed E-state index contributed by atoms with van der Waals surface area (Å²) in [6.07, 6.45) is 0. The van der Waals surface area contributed by atoms with Crippen molar-refractivity contribution in [2.45, 2.75) is 11.4 Å². The number of hydrogen-bond donors (Lipinski definition) is 2. The quantitative estimate of drug-likeness (QED) is 0.469. The van der Waals surface area contributed by atoms with Crippen LogP contribution in [0.2, 0.25) is 0 Å². The molecule has 0 aliphatic heterocycles. The number of thioether (sulfide) groups is 1. The van der Waals surface area contributed by atoms with E-state index in [2.05, 4.69) is 42.3 Å². The molecule has 0 atom stereocenters. The molecular formula is C17H21N3S. The average molecular weight is 299 g/mol. The van der Waals surface area contributed by atoms with Crippen LogP contribution in [-0.4, -0.2) is 30.1 Å². The summed E-state index contributed by atoms with van der Waals surface area (Å²) in [5, 5.41) is 7.48. The molecule has 0 bridgehead atoms. The molecule has 3 nitrogen and oxygen atoms in total. The van der Waals surface area contributed by atoms with Crippen molar-refractivity contribution in [3.05, 3.63) is 65.7 Å². The number of hydrogen-bond acceptors (Lipinski definition) is 3. The van der Waals surface area contributed by atoms with Gasteiger partial charge in [0.2, 0.25) is 0 Å². The summed E-state index contributed by atoms with van der Waals surface area (Å²) in [7, 11) is 2.12. The Labute approximate surface area is 130 Å². The fourth-order valence-electron chi connectivity index (χ4n) is 2.06. The van der Waals surface area contributed by atoms with Crippen LogP contribution in [0.3, 0.4) is 0 Å². The Morgan fingerprint density at radius 3 is 2.62 bits per heavy atom. The fourth-order valence-corrected chi connectivity index (χ4v) is 3.05. The van der Waals surface area contributed by atoms with Crippen molar-refractivity contribution in [3.8, 4) is 0 Å². The third-order valence-corrected chi connectivity index (χ3v) is 4.17. The van der Waals surface area contributed by atoms with E-state index < -0.39 is 0 Å². The summed E-state index contributed by atoms with van der Waals surface area (Å²) in [4.78, 5) is 3.60. The minimum Gasteiger partial charge on any atom is -0.384 e. The molecule has 4 heteroatoms. The molecule has 0 amide bonds. The molecule has 0 heterocycles. The molecular weight excluding hydrogens is 278 g/mol. The lowest BCUT2D eigenvalue weighted by atomic mass is 10.1. The van der Waals surface area contributed by atoms with Gasteiger partial charge < -0.3 is 10.6 Å². The lowest BCUT2D eigenvalue weighted by Gasteiger charge is -2.17. The highest BCUT2D eigenvalue weighted by atomic mass is 32.2. The number of nitrogens with zero attached hydrogens (tertiary/aromatic N) is 1. The van der Waals surface area contributed by atoms with E-state index >= 15 is 0 Å². The van der Waals surface area contributed by atoms with Gasteiger partial charge in [0.1, 0.15) is 5.84 Å². The Bertz CT molecular complexity index is 584. The van der Waals surface area contributed by atoms with Crippen LogP contribution in [-0.2, 0) is 6.54 Å². The molecule has 0 aliphatic rings. The predicted octanol–water partition coefficient (Wildman–Crippen LogP) is 3.19. The van der Waals surface area contributed by atoms with Gasteiger partial charge in [0.25, 0.3) is 0 Å². The van der Waals surface area contributed by atoms with Crippen molar-refractivity contribution in [2.75, 3.05) is 19.3 Å². The molecule has 21 heavy (non-hydrogen) atoms. The number of nitrogen functional groups attached to an aromatic ring is 1. The second kappa shape index (κ2) is 7.86. The Hall–Kier alpha value is -1.78. The zero-order valence-corrected chi connectivity index (χ0v) is 13.1. The molecule has 0 fully saturated rings. The van der Waals surface area contributed by atoms with Crippen molar-refractivity contribution in [1.82, 2.24) is 4.90 Å². The second-order valence-corrected chi connectivity index (χ2v) is 6.18. The summed E-state index contributed by atoms with van der Waals surface area (Å²) in [6.45, 7) is 1.89. The van der Waals surface area contributed by atoms with Crippen LogP contribution in [0.1, 0.15) is 11.1 Å². The number of nitrogens with two attached hydrogens (primary N) is 1. The minimum atomic E-state index is 0.124. The van der Waals surface area contributed by atoms with Crippen LogP contribution >= 0.6 is 11.8 Å². The van der Waals surface area contributed by atoms with Gasteiger partial charge in [-0.2, -0.15) is 0 Å². The van der Waals surface area contributed by atoms with E-state index in [0.717, 1.165) is 24.4 Å². The summed E-state index contributed by atoms with van der Waals surface area (Å²) in [5.74, 6) is 1.19. The van der Waals surface area contributed by atoms with Crippen molar-refractivity contribution >= 4 is 17.6 Å². The van der Waals surface area contributed by atoms with Crippen molar-refractivity contribution < 1.29 is 0 Å². The molecule has 2 aromatic rings. The van der Waals surface area contributed by atoms with Crippen LogP contribution < -0.4 is 5.73 Å². The largest absolute Gasteiger partial charge is 0.384 e. The van der Waals surface area contributed by atoms with Gasteiger partial charge in [0, 0.05) is 29.3 Å². The summed E-state index contributed by atoms with van der Waals surface area (Å²) in [6, 6.07) is 18.4. The first-order valence-electron chi connectivity index (χ1n) is 6.95. The summed E-state index contributed by atoms with van der Waals surface area (Å²) >= 11 is 1.87. The number of nitrogens with one attached hydrogen (secondary N) is 1. The van der Waals surface area contributed by atoms with Crippen LogP contribution in [0.25, 0.3) is 0 Å². The van der Waals surface area contributed by atoms with E-state index in [1.54, 1.807) is 0 Å². The lowest BCUT2D eigenvalue weighted by Crippen LogP contribution is -2.21. The Morgan fingerprint density at radius 1 is 1.14 bits per heavy atom. The lowest BCUT2D eigenvalue weighted by molar-refractivity contribution is 0.348. The molecule has 2 rings (SSSR count). The number of rotatable bonds is 7. The molecule has 0 saturated carbocycles. The first kappa shape index (κ1) is 15.6. The second-order valence-electron chi connectivity index (χ2n) is 5.01. The van der Waals surface area contributed by atoms with Gasteiger partial charge in [0.05, 0.1) is 0 Å². The molecule has 0 aromatic heterocycles. The molecule has 0 unspecified atom stereocenters. The summed E-state index contributed by atoms with van der Waals surface area (Å²) in [5.41, 5.74) is 7.51. The molecule has 0 saturated heterocycles. The smallest absolute Gasteiger partial charge is 0.122 e. The van der Waals surface area contributed by atoms with Gasteiger partial charge in [-0.3, -0.25) is 5.41 Å². The molecule has 3 N–H and O–H groups in total. The monoisotopic (exact) mass is 299 g/mol. The highest BCUT2D eigenvalue weighted by Gasteiger charge is 2.03. The molecule has 0 radical (unpaired) electrons. The Kier molecular flexibility index (Phi) is 5.84. The van der Waals surface area contributed by atoms with E-state index in [4.69, 9.17) is 11.1 Å². The van der Waals surface area contributed by atoms with Crippen LogP contribution in [0.5, 0.6) is 0 Å². The van der Waals surface area contributed by atoms with Crippen molar-refractivity contribution in [3.63, 3.8) is 0 Å². The number of benzene rings is 2. The van der Waals surface area contributed by atoms with E-state index in [-0.39, 0.29) is 5.84 Å². The SMILES string of the molecule is CN(CCSc1ccccc1)Cc1cccc(C(=N)N)c1. The zero-order valence-electron chi connectivity index (χ0n) is 12.3. The van der Waals surface area contributed by atoms with Gasteiger partial charge >= 0.3 is 0 Å². The number of amidine groups is 1. The van der Waals surface area contributed by atoms with Crippen LogP contribution in [0.15, 0.2) is 59.5 Å². The van der Waals surface area contributed by atoms with Crippen molar-refractivity contribution in [2.24, 2.45) is 5.73 Å². The zero-order chi connectivity index (χ0) is 15.1. The maximum atomic E-state index is 7.48. The van der Waals surface area contributed by atoms with E-state index in [1.807, 2.05) is 36.0 Å². The molecule has 2 aromatic carbocycles. The molecule has 0 aliphatic carbocycles. The van der Waals surface area contributed by atoms with Crippen LogP contribution in [0, 0.1) is 5.41 Å². The highest BCUT2D eigenvalue weighted by Crippen LogP contribution is 2.17. The van der Waals surface area contributed by atoms with E-state index in [0.29, 0.717) is 0 Å². The summed E-state index contributed by atoms with van der Waals surface area (Å²) < 4.78 is 0. The first-order valence-corrected chi connectivity index (χ1v) is 7.93. The molecule has 110 valence electrons. The van der Waals surface area contributed by atoms with Gasteiger partial charge in [-0.25, -0.2) is 0 Å². The third kappa shape index (κ3) is 5.25. The fraction of sp³-hybridized carbons (Fsp3) is 0.235. The third-order valence-electron chi connectivity index (χ3n) is 3.18. The normalized spacial score (nSPS) is 10.8. The van der Waals surface area contributed by atoms with Gasteiger partial charge in [-0.1, -0.05) is 36.4 Å². The van der Waals surface area contributed by atoms with Gasteiger partial charge in [-0.15, -0.1) is 11.8 Å². The van der Waals surface area contributed by atoms with E-state index in [1.165, 1.54) is 10.5 Å². The topological polar surface area (TPSA) is 53.1 Å². The average Bonchev–Trinajstić information content (AvgIpc) is 2.48.